The highest BCUT2D eigenvalue weighted by Gasteiger charge is 2.38. The van der Waals surface area contributed by atoms with E-state index in [-0.39, 0.29) is 12.8 Å². The number of hydrogen-bond acceptors (Lipinski definition) is 7. The number of halogens is 3. The molecule has 1 aromatic heterocycles. The van der Waals surface area contributed by atoms with Crippen molar-refractivity contribution in [1.82, 2.24) is 19.4 Å². The van der Waals surface area contributed by atoms with Crippen LogP contribution in [0.25, 0.3) is 0 Å². The second-order valence-electron chi connectivity index (χ2n) is 7.20. The fraction of sp³-hybridized carbons (Fsp3) is 0.444. The highest BCUT2D eigenvalue weighted by Crippen LogP contribution is 2.33. The number of rotatable bonds is 5. The summed E-state index contributed by atoms with van der Waals surface area (Å²) in [5.41, 5.74) is 2.21. The van der Waals surface area contributed by atoms with Gasteiger partial charge in [-0.15, -0.1) is 0 Å². The fourth-order valence-corrected chi connectivity index (χ4v) is 3.78. The number of carboxylic acids is 1. The van der Waals surface area contributed by atoms with Gasteiger partial charge in [-0.1, -0.05) is 6.07 Å². The number of carboxylic acid groups (broad SMARTS) is 1. The third-order valence-corrected chi connectivity index (χ3v) is 5.31. The first-order valence-corrected chi connectivity index (χ1v) is 11.2. The number of ether oxygens (including phenoxy) is 2. The van der Waals surface area contributed by atoms with Gasteiger partial charge in [-0.05, 0) is 23.8 Å². The molecular formula is C18H21F3N4O6S. The predicted molar refractivity (Wildman–Crippen MR) is 104 cm³/mol. The van der Waals surface area contributed by atoms with Gasteiger partial charge in [0.15, 0.2) is 11.5 Å². The van der Waals surface area contributed by atoms with Crippen LogP contribution < -0.4 is 14.2 Å². The maximum atomic E-state index is 11.4. The molecule has 0 fully saturated rings. The molecule has 32 heavy (non-hydrogen) atoms. The smallest absolute Gasteiger partial charge is 0.475 e. The van der Waals surface area contributed by atoms with Gasteiger partial charge in [0, 0.05) is 32.4 Å². The first-order chi connectivity index (χ1) is 14.9. The molecule has 0 saturated heterocycles. The van der Waals surface area contributed by atoms with Crippen LogP contribution in [0.5, 0.6) is 11.5 Å². The average Bonchev–Trinajstić information content (AvgIpc) is 3.34. The Morgan fingerprint density at radius 1 is 1.28 bits per heavy atom. The van der Waals surface area contributed by atoms with Crippen molar-refractivity contribution in [2.75, 3.05) is 26.1 Å². The van der Waals surface area contributed by atoms with Crippen LogP contribution in [-0.2, 0) is 27.9 Å². The molecule has 0 amide bonds. The van der Waals surface area contributed by atoms with E-state index < -0.39 is 22.2 Å². The Labute approximate surface area is 181 Å². The minimum absolute atomic E-state index is 0.0394. The van der Waals surface area contributed by atoms with Crippen LogP contribution >= 0.6 is 0 Å². The minimum Gasteiger partial charge on any atom is -0.475 e. The SMILES string of the molecule is CS(=O)(=O)NCC1CN(Cc2ccc3c(c2)OCO3)Cc2ccnn21.O=C(O)C(F)(F)F. The monoisotopic (exact) mass is 478 g/mol. The van der Waals surface area contributed by atoms with Crippen molar-refractivity contribution in [3.05, 3.63) is 41.7 Å². The molecule has 0 bridgehead atoms. The molecule has 4 rings (SSSR count). The molecule has 10 nitrogen and oxygen atoms in total. The number of benzene rings is 1. The quantitative estimate of drug-likeness (QED) is 0.660. The topological polar surface area (TPSA) is 123 Å². The number of hydrogen-bond donors (Lipinski definition) is 2. The largest absolute Gasteiger partial charge is 0.490 e. The second kappa shape index (κ2) is 9.34. The lowest BCUT2D eigenvalue weighted by atomic mass is 10.1. The van der Waals surface area contributed by atoms with Crippen molar-refractivity contribution < 1.29 is 41.0 Å². The Balaban J connectivity index is 0.000000360. The molecule has 1 aromatic carbocycles. The summed E-state index contributed by atoms with van der Waals surface area (Å²) in [5, 5.41) is 11.5. The lowest BCUT2D eigenvalue weighted by Crippen LogP contribution is -2.42. The molecule has 3 heterocycles. The van der Waals surface area contributed by atoms with E-state index in [1.54, 1.807) is 6.20 Å². The highest BCUT2D eigenvalue weighted by molar-refractivity contribution is 7.88. The molecule has 0 spiro atoms. The van der Waals surface area contributed by atoms with Gasteiger partial charge in [0.25, 0.3) is 0 Å². The zero-order valence-electron chi connectivity index (χ0n) is 16.9. The van der Waals surface area contributed by atoms with E-state index in [9.17, 15) is 21.6 Å². The average molecular weight is 478 g/mol. The van der Waals surface area contributed by atoms with E-state index in [1.165, 1.54) is 6.26 Å². The van der Waals surface area contributed by atoms with Crippen LogP contribution in [0.4, 0.5) is 13.2 Å². The summed E-state index contributed by atoms with van der Waals surface area (Å²) < 4.78 is 69.9. The summed E-state index contributed by atoms with van der Waals surface area (Å²) in [6.45, 7) is 2.82. The summed E-state index contributed by atoms with van der Waals surface area (Å²) in [6.07, 6.45) is -2.16. The summed E-state index contributed by atoms with van der Waals surface area (Å²) in [6, 6.07) is 7.89. The third-order valence-electron chi connectivity index (χ3n) is 4.62. The Hall–Kier alpha value is -2.84. The summed E-state index contributed by atoms with van der Waals surface area (Å²) in [7, 11) is -3.23. The van der Waals surface area contributed by atoms with Crippen molar-refractivity contribution in [3.63, 3.8) is 0 Å². The number of aliphatic carboxylic acids is 1. The van der Waals surface area contributed by atoms with Crippen molar-refractivity contribution >= 4 is 16.0 Å². The maximum Gasteiger partial charge on any atom is 0.490 e. The highest BCUT2D eigenvalue weighted by atomic mass is 32.2. The molecule has 0 radical (unpaired) electrons. The predicted octanol–water partition coefficient (Wildman–Crippen LogP) is 1.35. The normalized spacial score (nSPS) is 17.9. The molecule has 0 saturated carbocycles. The van der Waals surface area contributed by atoms with E-state index in [4.69, 9.17) is 19.4 Å². The Morgan fingerprint density at radius 2 is 1.97 bits per heavy atom. The van der Waals surface area contributed by atoms with Crippen LogP contribution in [0, 0.1) is 0 Å². The number of nitrogens with zero attached hydrogens (tertiary/aromatic N) is 3. The standard InChI is InChI=1S/C16H20N4O4S.C2HF3O2/c1-25(21,22)18-7-14-10-19(9-13-4-5-17-20(13)14)8-12-2-3-15-16(6-12)24-11-23-15;3-2(4,5)1(6)7/h2-6,14,18H,7-11H2,1H3;(H,6,7). The number of nitrogens with one attached hydrogen (secondary N) is 1. The van der Waals surface area contributed by atoms with Crippen LogP contribution in [0.2, 0.25) is 0 Å². The van der Waals surface area contributed by atoms with Crippen LogP contribution in [0.3, 0.4) is 0 Å². The van der Waals surface area contributed by atoms with E-state index >= 15 is 0 Å². The molecule has 2 aromatic rings. The Kier molecular flexibility index (Phi) is 6.95. The van der Waals surface area contributed by atoms with E-state index in [0.717, 1.165) is 35.8 Å². The maximum absolute atomic E-state index is 11.4. The van der Waals surface area contributed by atoms with E-state index in [1.807, 2.05) is 28.9 Å². The van der Waals surface area contributed by atoms with Gasteiger partial charge in [-0.3, -0.25) is 9.58 Å². The Bertz CT molecular complexity index is 1070. The van der Waals surface area contributed by atoms with Crippen molar-refractivity contribution in [2.45, 2.75) is 25.3 Å². The van der Waals surface area contributed by atoms with E-state index in [0.29, 0.717) is 13.1 Å². The van der Waals surface area contributed by atoms with Crippen LogP contribution in [-0.4, -0.2) is 66.5 Å². The van der Waals surface area contributed by atoms with Crippen molar-refractivity contribution in [3.8, 4) is 11.5 Å². The number of sulfonamides is 1. The fourth-order valence-electron chi connectivity index (χ4n) is 3.28. The lowest BCUT2D eigenvalue weighted by Gasteiger charge is -2.34. The molecular weight excluding hydrogens is 457 g/mol. The first-order valence-electron chi connectivity index (χ1n) is 9.30. The molecule has 0 aliphatic carbocycles. The van der Waals surface area contributed by atoms with Crippen molar-refractivity contribution in [1.29, 1.82) is 0 Å². The number of aromatic nitrogens is 2. The van der Waals surface area contributed by atoms with Gasteiger partial charge in [-0.25, -0.2) is 17.9 Å². The summed E-state index contributed by atoms with van der Waals surface area (Å²) in [4.78, 5) is 11.2. The van der Waals surface area contributed by atoms with Gasteiger partial charge in [0.2, 0.25) is 16.8 Å². The zero-order chi connectivity index (χ0) is 23.5. The van der Waals surface area contributed by atoms with Crippen LogP contribution in [0.15, 0.2) is 30.5 Å². The lowest BCUT2D eigenvalue weighted by molar-refractivity contribution is -0.192. The molecule has 2 N–H and O–H groups in total. The number of alkyl halides is 3. The van der Waals surface area contributed by atoms with Crippen molar-refractivity contribution in [2.24, 2.45) is 0 Å². The molecule has 1 atom stereocenters. The summed E-state index contributed by atoms with van der Waals surface area (Å²) in [5.74, 6) is -1.21. The zero-order valence-corrected chi connectivity index (χ0v) is 17.7. The molecule has 1 unspecified atom stereocenters. The van der Waals surface area contributed by atoms with Gasteiger partial charge in [0.1, 0.15) is 0 Å². The van der Waals surface area contributed by atoms with Gasteiger partial charge in [0.05, 0.1) is 18.0 Å². The molecule has 2 aliphatic rings. The minimum atomic E-state index is -5.08. The molecule has 176 valence electrons. The first kappa shape index (κ1) is 23.8. The number of fused-ring (bicyclic) bond motifs is 2. The second-order valence-corrected chi connectivity index (χ2v) is 9.03. The third kappa shape index (κ3) is 6.34. The number of carbonyl (C=O) groups is 1. The molecule has 14 heteroatoms. The molecule has 2 aliphatic heterocycles. The van der Waals surface area contributed by atoms with Gasteiger partial charge >= 0.3 is 12.1 Å². The van der Waals surface area contributed by atoms with Gasteiger partial charge < -0.3 is 14.6 Å². The van der Waals surface area contributed by atoms with Gasteiger partial charge in [-0.2, -0.15) is 18.3 Å². The van der Waals surface area contributed by atoms with E-state index in [2.05, 4.69) is 14.7 Å². The van der Waals surface area contributed by atoms with Crippen LogP contribution in [0.1, 0.15) is 17.3 Å². The summed E-state index contributed by atoms with van der Waals surface area (Å²) >= 11 is 0. The Morgan fingerprint density at radius 3 is 2.62 bits per heavy atom.